The van der Waals surface area contributed by atoms with Gasteiger partial charge >= 0.3 is 0 Å². The maximum absolute atomic E-state index is 11.5. The van der Waals surface area contributed by atoms with Crippen molar-refractivity contribution in [2.45, 2.75) is 0 Å². The van der Waals surface area contributed by atoms with Crippen LogP contribution in [0.4, 0.5) is 5.82 Å². The molecule has 6 nitrogen and oxygen atoms in total. The molecule has 0 spiro atoms. The summed E-state index contributed by atoms with van der Waals surface area (Å²) in [6.45, 7) is 0. The van der Waals surface area contributed by atoms with Crippen molar-refractivity contribution < 1.29 is 4.79 Å². The highest BCUT2D eigenvalue weighted by molar-refractivity contribution is 6.05. The van der Waals surface area contributed by atoms with Gasteiger partial charge in [0, 0.05) is 33.4 Å². The number of carbonyl (C=O) groups is 1. The lowest BCUT2D eigenvalue weighted by Crippen LogP contribution is -2.05. The molecular formula is C8H13N5O. The molecule has 0 amide bonds. The van der Waals surface area contributed by atoms with Gasteiger partial charge in [-0.05, 0) is 0 Å². The fraction of sp³-hybridized carbons (Fsp3) is 0.375. The molecule has 1 aromatic heterocycles. The first-order valence-electron chi connectivity index (χ1n) is 4.06. The molecule has 0 aliphatic carbocycles. The molecule has 14 heavy (non-hydrogen) atoms. The number of hydrogen-bond donors (Lipinski definition) is 1. The molecule has 0 saturated heterocycles. The van der Waals surface area contributed by atoms with Gasteiger partial charge in [-0.25, -0.2) is 0 Å². The smallest absolute Gasteiger partial charge is 0.211 e. The minimum atomic E-state index is -0.246. The average molecular weight is 195 g/mol. The van der Waals surface area contributed by atoms with Crippen LogP contribution in [0, 0.1) is 0 Å². The predicted molar refractivity (Wildman–Crippen MR) is 52.6 cm³/mol. The Labute approximate surface area is 82.0 Å². The first kappa shape index (κ1) is 10.2. The van der Waals surface area contributed by atoms with E-state index in [1.165, 1.54) is 10.9 Å². The van der Waals surface area contributed by atoms with E-state index >= 15 is 0 Å². The zero-order valence-electron chi connectivity index (χ0n) is 8.43. The maximum Gasteiger partial charge on any atom is 0.211 e. The summed E-state index contributed by atoms with van der Waals surface area (Å²) in [4.78, 5) is 14.5. The van der Waals surface area contributed by atoms with Gasteiger partial charge < -0.3 is 10.6 Å². The maximum atomic E-state index is 11.5. The van der Waals surface area contributed by atoms with E-state index in [4.69, 9.17) is 5.73 Å². The minimum Gasteiger partial charge on any atom is -0.383 e. The third kappa shape index (κ3) is 2.32. The van der Waals surface area contributed by atoms with Crippen molar-refractivity contribution in [2.75, 3.05) is 19.8 Å². The summed E-state index contributed by atoms with van der Waals surface area (Å²) >= 11 is 0. The number of aryl methyl sites for hydroxylation is 1. The average Bonchev–Trinajstić information content (AvgIpc) is 2.41. The minimum absolute atomic E-state index is 0.154. The van der Waals surface area contributed by atoms with Crippen molar-refractivity contribution in [1.29, 1.82) is 0 Å². The van der Waals surface area contributed by atoms with Crippen LogP contribution in [-0.2, 0) is 7.05 Å². The summed E-state index contributed by atoms with van der Waals surface area (Å²) in [6, 6.07) is 0. The second-order valence-corrected chi connectivity index (χ2v) is 3.07. The molecule has 0 saturated carbocycles. The SMILES string of the molecule is CN(C)/C=C/C(=O)c1nn(C)nc1N. The Balaban J connectivity index is 2.85. The van der Waals surface area contributed by atoms with E-state index in [9.17, 15) is 4.79 Å². The highest BCUT2D eigenvalue weighted by Crippen LogP contribution is 2.05. The fourth-order valence-electron chi connectivity index (χ4n) is 0.893. The lowest BCUT2D eigenvalue weighted by molar-refractivity contribution is 0.104. The number of carbonyl (C=O) groups excluding carboxylic acids is 1. The van der Waals surface area contributed by atoms with Crippen molar-refractivity contribution in [1.82, 2.24) is 19.9 Å². The third-order valence-corrected chi connectivity index (χ3v) is 1.50. The molecular weight excluding hydrogens is 182 g/mol. The third-order valence-electron chi connectivity index (χ3n) is 1.50. The molecule has 6 heteroatoms. The van der Waals surface area contributed by atoms with Gasteiger partial charge in [-0.2, -0.15) is 4.80 Å². The molecule has 0 radical (unpaired) electrons. The summed E-state index contributed by atoms with van der Waals surface area (Å²) in [7, 11) is 5.26. The number of allylic oxidation sites excluding steroid dienone is 1. The summed E-state index contributed by atoms with van der Waals surface area (Å²) < 4.78 is 0. The fourth-order valence-corrected chi connectivity index (χ4v) is 0.893. The molecule has 0 aliphatic heterocycles. The second kappa shape index (κ2) is 3.91. The van der Waals surface area contributed by atoms with Crippen molar-refractivity contribution >= 4 is 11.6 Å². The van der Waals surface area contributed by atoms with Crippen LogP contribution in [0.5, 0.6) is 0 Å². The van der Waals surface area contributed by atoms with E-state index in [-0.39, 0.29) is 17.3 Å². The monoisotopic (exact) mass is 195 g/mol. The van der Waals surface area contributed by atoms with Gasteiger partial charge in [0.05, 0.1) is 0 Å². The number of aromatic nitrogens is 3. The Morgan fingerprint density at radius 3 is 2.57 bits per heavy atom. The van der Waals surface area contributed by atoms with Crippen molar-refractivity contribution in [3.05, 3.63) is 18.0 Å². The van der Waals surface area contributed by atoms with Gasteiger partial charge in [-0.15, -0.1) is 10.2 Å². The normalized spacial score (nSPS) is 10.8. The van der Waals surface area contributed by atoms with Gasteiger partial charge in [0.15, 0.2) is 11.5 Å². The summed E-state index contributed by atoms with van der Waals surface area (Å²) in [5.74, 6) is -0.0924. The molecule has 1 heterocycles. The zero-order chi connectivity index (χ0) is 10.7. The Morgan fingerprint density at radius 2 is 2.14 bits per heavy atom. The highest BCUT2D eigenvalue weighted by atomic mass is 16.1. The van der Waals surface area contributed by atoms with Crippen LogP contribution >= 0.6 is 0 Å². The number of rotatable bonds is 3. The van der Waals surface area contributed by atoms with E-state index in [0.717, 1.165) is 0 Å². The van der Waals surface area contributed by atoms with Gasteiger partial charge in [0.1, 0.15) is 0 Å². The molecule has 0 atom stereocenters. The number of ketones is 1. The standard InChI is InChI=1S/C8H13N5O/c1-12(2)5-4-6(14)7-8(9)11-13(3)10-7/h4-5H,1-3H3,(H2,9,11)/b5-4+. The van der Waals surface area contributed by atoms with Crippen LogP contribution in [0.3, 0.4) is 0 Å². The molecule has 0 aromatic carbocycles. The molecule has 1 aromatic rings. The van der Waals surface area contributed by atoms with Crippen LogP contribution in [0.2, 0.25) is 0 Å². The Hall–Kier alpha value is -1.85. The van der Waals surface area contributed by atoms with Gasteiger partial charge in [0.25, 0.3) is 0 Å². The van der Waals surface area contributed by atoms with E-state index < -0.39 is 0 Å². The molecule has 0 aliphatic rings. The second-order valence-electron chi connectivity index (χ2n) is 3.07. The molecule has 0 fully saturated rings. The summed E-state index contributed by atoms with van der Waals surface area (Å²) in [5.41, 5.74) is 5.67. The van der Waals surface area contributed by atoms with E-state index in [2.05, 4.69) is 10.2 Å². The lowest BCUT2D eigenvalue weighted by Gasteiger charge is -2.01. The lowest BCUT2D eigenvalue weighted by atomic mass is 10.3. The van der Waals surface area contributed by atoms with Crippen molar-refractivity contribution in [2.24, 2.45) is 7.05 Å². The summed E-state index contributed by atoms with van der Waals surface area (Å²) in [6.07, 6.45) is 3.04. The van der Waals surface area contributed by atoms with Gasteiger partial charge in [-0.3, -0.25) is 4.79 Å². The van der Waals surface area contributed by atoms with Crippen molar-refractivity contribution in [3.63, 3.8) is 0 Å². The number of hydrogen-bond acceptors (Lipinski definition) is 5. The Bertz CT molecular complexity index is 366. The predicted octanol–water partition coefficient (Wildman–Crippen LogP) is -0.345. The molecule has 0 unspecified atom stereocenters. The number of nitrogens with zero attached hydrogens (tertiary/aromatic N) is 4. The van der Waals surface area contributed by atoms with E-state index in [1.807, 2.05) is 14.1 Å². The van der Waals surface area contributed by atoms with Crippen LogP contribution in [0.1, 0.15) is 10.5 Å². The number of anilines is 1. The van der Waals surface area contributed by atoms with E-state index in [1.54, 1.807) is 18.1 Å². The first-order chi connectivity index (χ1) is 6.50. The quantitative estimate of drug-likeness (QED) is 0.527. The Morgan fingerprint density at radius 1 is 1.50 bits per heavy atom. The van der Waals surface area contributed by atoms with Crippen LogP contribution < -0.4 is 5.73 Å². The van der Waals surface area contributed by atoms with Crippen molar-refractivity contribution in [3.8, 4) is 0 Å². The first-order valence-corrected chi connectivity index (χ1v) is 4.06. The molecule has 2 N–H and O–H groups in total. The summed E-state index contributed by atoms with van der Waals surface area (Å²) in [5, 5.41) is 7.62. The number of nitrogens with two attached hydrogens (primary N) is 1. The largest absolute Gasteiger partial charge is 0.383 e. The zero-order valence-corrected chi connectivity index (χ0v) is 8.43. The topological polar surface area (TPSA) is 77.0 Å². The number of nitrogen functional groups attached to an aromatic ring is 1. The molecule has 1 rings (SSSR count). The molecule has 76 valence electrons. The van der Waals surface area contributed by atoms with Crippen LogP contribution in [-0.4, -0.2) is 39.8 Å². The van der Waals surface area contributed by atoms with E-state index in [0.29, 0.717) is 0 Å². The van der Waals surface area contributed by atoms with Crippen LogP contribution in [0.25, 0.3) is 0 Å². The Kier molecular flexibility index (Phi) is 2.85. The highest BCUT2D eigenvalue weighted by Gasteiger charge is 2.12. The van der Waals surface area contributed by atoms with Gasteiger partial charge in [0.2, 0.25) is 5.78 Å². The van der Waals surface area contributed by atoms with Gasteiger partial charge in [-0.1, -0.05) is 0 Å². The van der Waals surface area contributed by atoms with Crippen LogP contribution in [0.15, 0.2) is 12.3 Å². The molecule has 0 bridgehead atoms.